The molecule has 1 rings (SSSR count). The van der Waals surface area contributed by atoms with Crippen LogP contribution in [-0.2, 0) is 0 Å². The van der Waals surface area contributed by atoms with Crippen LogP contribution >= 0.6 is 0 Å². The Kier molecular flexibility index (Phi) is 2.13. The van der Waals surface area contributed by atoms with Gasteiger partial charge in [-0.25, -0.2) is 0 Å². The lowest BCUT2D eigenvalue weighted by atomic mass is 10.0. The molecule has 0 saturated heterocycles. The van der Waals surface area contributed by atoms with Crippen LogP contribution < -0.4 is 4.94 Å². The van der Waals surface area contributed by atoms with Crippen LogP contribution in [0.4, 0.5) is 4.53 Å². The third-order valence-corrected chi connectivity index (χ3v) is 1.99. The molecule has 1 nitrogen and oxygen atoms in total. The summed E-state index contributed by atoms with van der Waals surface area (Å²) in [5.74, 6) is 0.283. The highest BCUT2D eigenvalue weighted by Gasteiger charge is 2.01. The minimum absolute atomic E-state index is 0.283. The topological polar surface area (TPSA) is 9.23 Å². The van der Waals surface area contributed by atoms with Crippen LogP contribution in [0.1, 0.15) is 16.7 Å². The molecule has 0 aliphatic rings. The molecule has 2 heteroatoms. The van der Waals surface area contributed by atoms with Gasteiger partial charge in [-0.3, -0.25) is 4.94 Å². The zero-order chi connectivity index (χ0) is 8.43. The lowest BCUT2D eigenvalue weighted by Gasteiger charge is -2.04. The summed E-state index contributed by atoms with van der Waals surface area (Å²) in [4.78, 5) is 3.63. The number of halogens is 1. The van der Waals surface area contributed by atoms with E-state index in [2.05, 4.69) is 4.94 Å². The van der Waals surface area contributed by atoms with E-state index in [4.69, 9.17) is 0 Å². The first-order valence-electron chi connectivity index (χ1n) is 3.51. The van der Waals surface area contributed by atoms with Crippen LogP contribution in [0.5, 0.6) is 5.75 Å². The van der Waals surface area contributed by atoms with Crippen molar-refractivity contribution in [2.75, 3.05) is 0 Å². The Bertz CT molecular complexity index is 245. The first-order chi connectivity index (χ1) is 5.15. The number of rotatable bonds is 1. The third kappa shape index (κ3) is 1.50. The van der Waals surface area contributed by atoms with Crippen molar-refractivity contribution in [1.82, 2.24) is 0 Å². The Morgan fingerprint density at radius 1 is 1.09 bits per heavy atom. The fourth-order valence-corrected chi connectivity index (χ4v) is 1.04. The molecule has 0 unspecified atom stereocenters. The molecule has 0 radical (unpaired) electrons. The van der Waals surface area contributed by atoms with Gasteiger partial charge in [-0.15, -0.1) is 0 Å². The molecule has 0 heterocycles. The molecule has 0 N–H and O–H groups in total. The van der Waals surface area contributed by atoms with E-state index in [0.29, 0.717) is 0 Å². The molecular formula is C9H11FO. The molecule has 0 spiro atoms. The summed E-state index contributed by atoms with van der Waals surface area (Å²) in [5, 5.41) is 0. The maximum atomic E-state index is 11.7. The number of aryl methyl sites for hydroxylation is 2. The molecular weight excluding hydrogens is 143 g/mol. The lowest BCUT2D eigenvalue weighted by molar-refractivity contribution is -0.00634. The minimum Gasteiger partial charge on any atom is -0.294 e. The molecule has 0 aliphatic heterocycles. The van der Waals surface area contributed by atoms with Crippen LogP contribution in [0.3, 0.4) is 0 Å². The van der Waals surface area contributed by atoms with E-state index >= 15 is 0 Å². The van der Waals surface area contributed by atoms with Gasteiger partial charge >= 0.3 is 0 Å². The fourth-order valence-electron chi connectivity index (χ4n) is 1.04. The average molecular weight is 154 g/mol. The highest BCUT2D eigenvalue weighted by atomic mass is 19.3. The molecule has 0 saturated carbocycles. The van der Waals surface area contributed by atoms with Gasteiger partial charge in [0.15, 0.2) is 5.75 Å². The van der Waals surface area contributed by atoms with Gasteiger partial charge in [-0.1, -0.05) is 0 Å². The molecule has 0 atom stereocenters. The summed E-state index contributed by atoms with van der Waals surface area (Å²) in [5.41, 5.74) is 3.29. The minimum atomic E-state index is 0.283. The predicted octanol–water partition coefficient (Wildman–Crippen LogP) is 2.88. The molecule has 0 aromatic heterocycles. The van der Waals surface area contributed by atoms with Gasteiger partial charge in [0.2, 0.25) is 0 Å². The zero-order valence-corrected chi connectivity index (χ0v) is 6.94. The first kappa shape index (κ1) is 8.05. The van der Waals surface area contributed by atoms with E-state index in [0.717, 1.165) is 11.1 Å². The molecule has 0 amide bonds. The molecule has 0 fully saturated rings. The Hall–Kier alpha value is -1.05. The van der Waals surface area contributed by atoms with E-state index in [9.17, 15) is 4.53 Å². The van der Waals surface area contributed by atoms with Gasteiger partial charge in [0.25, 0.3) is 0 Å². The van der Waals surface area contributed by atoms with Crippen molar-refractivity contribution in [2.24, 2.45) is 0 Å². The lowest BCUT2D eigenvalue weighted by Crippen LogP contribution is -1.87. The first-order valence-corrected chi connectivity index (χ1v) is 3.51. The van der Waals surface area contributed by atoms with Crippen molar-refractivity contribution in [3.63, 3.8) is 0 Å². The van der Waals surface area contributed by atoms with Gasteiger partial charge < -0.3 is 0 Å². The fraction of sp³-hybridized carbons (Fsp3) is 0.333. The van der Waals surface area contributed by atoms with Crippen molar-refractivity contribution in [3.05, 3.63) is 28.8 Å². The molecule has 0 aliphatic carbocycles. The Morgan fingerprint density at radius 2 is 1.55 bits per heavy atom. The van der Waals surface area contributed by atoms with Crippen LogP contribution in [0, 0.1) is 20.8 Å². The second kappa shape index (κ2) is 2.91. The summed E-state index contributed by atoms with van der Waals surface area (Å²) >= 11 is 0. The number of benzene rings is 1. The molecule has 0 bridgehead atoms. The second-order valence-electron chi connectivity index (χ2n) is 2.76. The van der Waals surface area contributed by atoms with Crippen molar-refractivity contribution in [3.8, 4) is 5.75 Å². The van der Waals surface area contributed by atoms with Crippen molar-refractivity contribution >= 4 is 0 Å². The summed E-state index contributed by atoms with van der Waals surface area (Å²) in [7, 11) is 0. The summed E-state index contributed by atoms with van der Waals surface area (Å²) in [6.07, 6.45) is 0. The largest absolute Gasteiger partial charge is 0.294 e. The highest BCUT2D eigenvalue weighted by molar-refractivity contribution is 5.39. The van der Waals surface area contributed by atoms with Crippen molar-refractivity contribution in [2.45, 2.75) is 20.8 Å². The molecule has 11 heavy (non-hydrogen) atoms. The van der Waals surface area contributed by atoms with Crippen LogP contribution in [0.2, 0.25) is 0 Å². The smallest absolute Gasteiger partial charge is 0.172 e. The molecule has 1 aromatic carbocycles. The van der Waals surface area contributed by atoms with E-state index in [1.165, 1.54) is 5.56 Å². The molecule has 1 aromatic rings. The van der Waals surface area contributed by atoms with Gasteiger partial charge in [0, 0.05) is 4.53 Å². The zero-order valence-electron chi connectivity index (χ0n) is 6.94. The third-order valence-electron chi connectivity index (χ3n) is 1.99. The van der Waals surface area contributed by atoms with Gasteiger partial charge in [-0.05, 0) is 49.6 Å². The van der Waals surface area contributed by atoms with Crippen molar-refractivity contribution in [1.29, 1.82) is 0 Å². The van der Waals surface area contributed by atoms with E-state index in [-0.39, 0.29) is 5.75 Å². The van der Waals surface area contributed by atoms with Gasteiger partial charge in [0.05, 0.1) is 0 Å². The van der Waals surface area contributed by atoms with E-state index in [1.807, 2.05) is 20.8 Å². The Balaban J connectivity index is 3.21. The summed E-state index contributed by atoms with van der Waals surface area (Å²) < 4.78 is 11.7. The van der Waals surface area contributed by atoms with E-state index < -0.39 is 0 Å². The number of hydrogen-bond donors (Lipinski definition) is 0. The maximum absolute atomic E-state index is 11.7. The van der Waals surface area contributed by atoms with Crippen LogP contribution in [0.15, 0.2) is 12.1 Å². The van der Waals surface area contributed by atoms with Gasteiger partial charge in [0.1, 0.15) is 0 Å². The summed E-state index contributed by atoms with van der Waals surface area (Å²) in [6.45, 7) is 5.88. The number of hydrogen-bond acceptors (Lipinski definition) is 1. The van der Waals surface area contributed by atoms with E-state index in [1.54, 1.807) is 12.1 Å². The van der Waals surface area contributed by atoms with Crippen molar-refractivity contribution < 1.29 is 9.47 Å². The van der Waals surface area contributed by atoms with Crippen LogP contribution in [0.25, 0.3) is 0 Å². The highest BCUT2D eigenvalue weighted by Crippen LogP contribution is 2.20. The quantitative estimate of drug-likeness (QED) is 0.604. The normalized spacial score (nSPS) is 9.82. The predicted molar refractivity (Wildman–Crippen MR) is 42.4 cm³/mol. The maximum Gasteiger partial charge on any atom is 0.172 e. The Morgan fingerprint density at radius 3 is 1.91 bits per heavy atom. The molecule has 60 valence electrons. The van der Waals surface area contributed by atoms with Crippen LogP contribution in [-0.4, -0.2) is 0 Å². The Labute approximate surface area is 65.7 Å². The van der Waals surface area contributed by atoms with Gasteiger partial charge in [-0.2, -0.15) is 0 Å². The SMILES string of the molecule is Cc1cc(OF)cc(C)c1C. The summed E-state index contributed by atoms with van der Waals surface area (Å²) in [6, 6.07) is 3.37. The second-order valence-corrected chi connectivity index (χ2v) is 2.76. The standard InChI is InChI=1S/C9H11FO/c1-6-4-9(11-10)5-7(2)8(6)3/h4-5H,1-3H3. The monoisotopic (exact) mass is 154 g/mol. The average Bonchev–Trinajstić information content (AvgIpc) is 1.99.